The molecule has 22 heavy (non-hydrogen) atoms. The second kappa shape index (κ2) is 7.41. The molecule has 1 amide bonds. The van der Waals surface area contributed by atoms with Gasteiger partial charge in [0.1, 0.15) is 0 Å². The van der Waals surface area contributed by atoms with Crippen molar-refractivity contribution >= 4 is 12.0 Å². The zero-order valence-electron chi connectivity index (χ0n) is 13.0. The van der Waals surface area contributed by atoms with Crippen LogP contribution in [0.15, 0.2) is 48.2 Å². The highest BCUT2D eigenvalue weighted by molar-refractivity contribution is 5.92. The van der Waals surface area contributed by atoms with Crippen LogP contribution in [0.2, 0.25) is 0 Å². The van der Waals surface area contributed by atoms with E-state index in [4.69, 9.17) is 0 Å². The molecule has 0 aromatic heterocycles. The number of hydrogen-bond acceptors (Lipinski definition) is 2. The van der Waals surface area contributed by atoms with Crippen molar-refractivity contribution < 1.29 is 4.79 Å². The molecule has 1 atom stereocenters. The SMILES string of the molecule is O=C(/C=C/c1ccccc1)N1C=C([C@@H]2CCCCN2)CCC1. The first-order chi connectivity index (χ1) is 10.8. The average molecular weight is 296 g/mol. The molecule has 1 aromatic rings. The number of piperidine rings is 1. The van der Waals surface area contributed by atoms with Crippen molar-refractivity contribution in [2.24, 2.45) is 0 Å². The van der Waals surface area contributed by atoms with Gasteiger partial charge >= 0.3 is 0 Å². The summed E-state index contributed by atoms with van der Waals surface area (Å²) < 4.78 is 0. The number of nitrogens with zero attached hydrogens (tertiary/aromatic N) is 1. The molecule has 0 aliphatic carbocycles. The summed E-state index contributed by atoms with van der Waals surface area (Å²) in [5.41, 5.74) is 2.46. The molecule has 1 N–H and O–H groups in total. The van der Waals surface area contributed by atoms with Gasteiger partial charge in [-0.25, -0.2) is 0 Å². The van der Waals surface area contributed by atoms with Crippen molar-refractivity contribution in [1.29, 1.82) is 0 Å². The van der Waals surface area contributed by atoms with Crippen LogP contribution in [0.1, 0.15) is 37.7 Å². The van der Waals surface area contributed by atoms with Gasteiger partial charge in [-0.1, -0.05) is 36.8 Å². The Morgan fingerprint density at radius 3 is 2.82 bits per heavy atom. The van der Waals surface area contributed by atoms with Crippen LogP contribution < -0.4 is 5.32 Å². The average Bonchev–Trinajstić information content (AvgIpc) is 2.61. The van der Waals surface area contributed by atoms with Gasteiger partial charge in [0, 0.05) is 24.9 Å². The van der Waals surface area contributed by atoms with Crippen LogP contribution in [0.25, 0.3) is 6.08 Å². The van der Waals surface area contributed by atoms with E-state index >= 15 is 0 Å². The van der Waals surface area contributed by atoms with E-state index in [-0.39, 0.29) is 5.91 Å². The minimum atomic E-state index is 0.0804. The molecule has 2 aliphatic rings. The molecule has 0 bridgehead atoms. The molecule has 0 spiro atoms. The zero-order valence-corrected chi connectivity index (χ0v) is 13.0. The fraction of sp³-hybridized carbons (Fsp3) is 0.421. The van der Waals surface area contributed by atoms with Gasteiger partial charge in [-0.3, -0.25) is 4.79 Å². The van der Waals surface area contributed by atoms with Gasteiger partial charge in [0.25, 0.3) is 5.91 Å². The van der Waals surface area contributed by atoms with E-state index < -0.39 is 0 Å². The summed E-state index contributed by atoms with van der Waals surface area (Å²) in [6, 6.07) is 10.4. The highest BCUT2D eigenvalue weighted by Gasteiger charge is 2.22. The monoisotopic (exact) mass is 296 g/mol. The molecule has 0 saturated carbocycles. The van der Waals surface area contributed by atoms with Crippen molar-refractivity contribution in [2.75, 3.05) is 13.1 Å². The quantitative estimate of drug-likeness (QED) is 0.868. The Morgan fingerprint density at radius 1 is 1.18 bits per heavy atom. The minimum Gasteiger partial charge on any atom is -0.316 e. The Bertz CT molecular complexity index is 556. The Kier molecular flexibility index (Phi) is 5.07. The highest BCUT2D eigenvalue weighted by atomic mass is 16.2. The molecule has 0 unspecified atom stereocenters. The number of benzene rings is 1. The largest absolute Gasteiger partial charge is 0.316 e. The van der Waals surface area contributed by atoms with Crippen molar-refractivity contribution in [1.82, 2.24) is 10.2 Å². The first kappa shape index (κ1) is 15.0. The standard InChI is InChI=1S/C19H24N2O/c22-19(12-11-16-7-2-1-3-8-16)21-14-6-9-17(15-21)18-10-4-5-13-20-18/h1-3,7-8,11-12,15,18,20H,4-6,9-10,13-14H2/b12-11+/t18-/m0/s1. The Hall–Kier alpha value is -1.87. The van der Waals surface area contributed by atoms with Crippen molar-refractivity contribution in [3.05, 3.63) is 53.7 Å². The summed E-state index contributed by atoms with van der Waals surface area (Å²) >= 11 is 0. The summed E-state index contributed by atoms with van der Waals surface area (Å²) in [5.74, 6) is 0.0804. The Balaban J connectivity index is 1.65. The molecule has 3 heteroatoms. The van der Waals surface area contributed by atoms with E-state index in [2.05, 4.69) is 11.5 Å². The normalized spacial score (nSPS) is 22.6. The van der Waals surface area contributed by atoms with Gasteiger partial charge in [0.05, 0.1) is 0 Å². The lowest BCUT2D eigenvalue weighted by molar-refractivity contribution is -0.123. The van der Waals surface area contributed by atoms with E-state index in [1.54, 1.807) is 6.08 Å². The maximum Gasteiger partial charge on any atom is 0.250 e. The van der Waals surface area contributed by atoms with Crippen molar-refractivity contribution in [3.63, 3.8) is 0 Å². The fourth-order valence-corrected chi connectivity index (χ4v) is 3.22. The predicted molar refractivity (Wildman–Crippen MR) is 90.1 cm³/mol. The van der Waals surface area contributed by atoms with Gasteiger partial charge in [0.2, 0.25) is 0 Å². The molecule has 1 saturated heterocycles. The summed E-state index contributed by atoms with van der Waals surface area (Å²) in [6.07, 6.45) is 11.6. The van der Waals surface area contributed by atoms with Gasteiger partial charge < -0.3 is 10.2 Å². The third-order valence-electron chi connectivity index (χ3n) is 4.45. The van der Waals surface area contributed by atoms with E-state index in [0.717, 1.165) is 31.5 Å². The molecular weight excluding hydrogens is 272 g/mol. The van der Waals surface area contributed by atoms with Crippen molar-refractivity contribution in [3.8, 4) is 0 Å². The van der Waals surface area contributed by atoms with Crippen LogP contribution in [0, 0.1) is 0 Å². The third-order valence-corrected chi connectivity index (χ3v) is 4.45. The van der Waals surface area contributed by atoms with E-state index in [9.17, 15) is 4.79 Å². The summed E-state index contributed by atoms with van der Waals surface area (Å²) in [4.78, 5) is 14.2. The van der Waals surface area contributed by atoms with Crippen LogP contribution in [-0.2, 0) is 4.79 Å². The first-order valence-electron chi connectivity index (χ1n) is 8.30. The number of nitrogens with one attached hydrogen (secondary N) is 1. The van der Waals surface area contributed by atoms with Gasteiger partial charge in [0.15, 0.2) is 0 Å². The second-order valence-electron chi connectivity index (χ2n) is 6.09. The van der Waals surface area contributed by atoms with Crippen LogP contribution >= 0.6 is 0 Å². The van der Waals surface area contributed by atoms with Crippen LogP contribution in [0.4, 0.5) is 0 Å². The number of carbonyl (C=O) groups excluding carboxylic acids is 1. The Morgan fingerprint density at radius 2 is 2.05 bits per heavy atom. The van der Waals surface area contributed by atoms with Crippen molar-refractivity contribution in [2.45, 2.75) is 38.1 Å². The first-order valence-corrected chi connectivity index (χ1v) is 8.30. The summed E-state index contributed by atoms with van der Waals surface area (Å²) in [7, 11) is 0. The second-order valence-corrected chi connectivity index (χ2v) is 6.09. The maximum atomic E-state index is 12.4. The summed E-state index contributed by atoms with van der Waals surface area (Å²) in [5, 5.41) is 3.58. The molecule has 2 aliphatic heterocycles. The maximum absolute atomic E-state index is 12.4. The molecule has 3 nitrogen and oxygen atoms in total. The molecule has 1 fully saturated rings. The minimum absolute atomic E-state index is 0.0804. The molecule has 1 aromatic carbocycles. The van der Waals surface area contributed by atoms with Gasteiger partial charge in [-0.15, -0.1) is 0 Å². The Labute approximate surface area is 132 Å². The number of carbonyl (C=O) groups is 1. The third kappa shape index (κ3) is 3.86. The highest BCUT2D eigenvalue weighted by Crippen LogP contribution is 2.23. The number of amides is 1. The van der Waals surface area contributed by atoms with Crippen LogP contribution in [-0.4, -0.2) is 29.9 Å². The summed E-state index contributed by atoms with van der Waals surface area (Å²) in [6.45, 7) is 1.93. The zero-order chi connectivity index (χ0) is 15.2. The van der Waals surface area contributed by atoms with Crippen LogP contribution in [0.3, 0.4) is 0 Å². The molecule has 116 valence electrons. The number of rotatable bonds is 3. The van der Waals surface area contributed by atoms with Gasteiger partial charge in [-0.2, -0.15) is 0 Å². The molecular formula is C19H24N2O. The predicted octanol–water partition coefficient (Wildman–Crippen LogP) is 3.35. The van der Waals surface area contributed by atoms with E-state index in [0.29, 0.717) is 6.04 Å². The molecule has 0 radical (unpaired) electrons. The molecule has 3 rings (SSSR count). The van der Waals surface area contributed by atoms with Crippen LogP contribution in [0.5, 0.6) is 0 Å². The lowest BCUT2D eigenvalue weighted by Gasteiger charge is -2.31. The van der Waals surface area contributed by atoms with E-state index in [1.807, 2.05) is 41.3 Å². The molecule has 2 heterocycles. The topological polar surface area (TPSA) is 32.3 Å². The lowest BCUT2D eigenvalue weighted by atomic mass is 9.93. The number of hydrogen-bond donors (Lipinski definition) is 1. The van der Waals surface area contributed by atoms with Gasteiger partial charge in [-0.05, 0) is 49.4 Å². The fourth-order valence-electron chi connectivity index (χ4n) is 3.22. The smallest absolute Gasteiger partial charge is 0.250 e. The lowest BCUT2D eigenvalue weighted by Crippen LogP contribution is -2.39. The van der Waals surface area contributed by atoms with E-state index in [1.165, 1.54) is 24.8 Å².